The summed E-state index contributed by atoms with van der Waals surface area (Å²) >= 11 is 2.82. The fraction of sp³-hybridized carbons (Fsp3) is 0.455. The van der Waals surface area contributed by atoms with E-state index in [0.29, 0.717) is 27.9 Å². The van der Waals surface area contributed by atoms with Gasteiger partial charge in [-0.2, -0.15) is 0 Å². The molecule has 0 aliphatic heterocycles. The lowest BCUT2D eigenvalue weighted by Crippen LogP contribution is -2.09. The van der Waals surface area contributed by atoms with Crippen LogP contribution in [-0.4, -0.2) is 25.9 Å². The minimum Gasteiger partial charge on any atom is -0.415 e. The van der Waals surface area contributed by atoms with Gasteiger partial charge in [-0.15, -0.1) is 10.2 Å². The summed E-state index contributed by atoms with van der Waals surface area (Å²) in [7, 11) is 0. The number of nitrogen functional groups attached to an aromatic ring is 1. The van der Waals surface area contributed by atoms with Crippen molar-refractivity contribution in [3.63, 3.8) is 0 Å². The summed E-state index contributed by atoms with van der Waals surface area (Å²) in [5.74, 6) is 2.60. The molecule has 108 valence electrons. The maximum atomic E-state index is 11.2. The summed E-state index contributed by atoms with van der Waals surface area (Å²) in [5.41, 5.74) is 5.22. The van der Waals surface area contributed by atoms with Gasteiger partial charge in [0.1, 0.15) is 5.82 Å². The molecule has 0 aromatic carbocycles. The van der Waals surface area contributed by atoms with E-state index < -0.39 is 0 Å². The molecule has 0 saturated carbocycles. The van der Waals surface area contributed by atoms with Gasteiger partial charge in [0.2, 0.25) is 5.89 Å². The fourth-order valence-corrected chi connectivity index (χ4v) is 2.69. The third kappa shape index (κ3) is 4.57. The van der Waals surface area contributed by atoms with Gasteiger partial charge in [0.25, 0.3) is 10.8 Å². The summed E-state index contributed by atoms with van der Waals surface area (Å²) in [6.07, 6.45) is 0. The molecule has 0 fully saturated rings. The molecule has 2 rings (SSSR count). The van der Waals surface area contributed by atoms with Gasteiger partial charge in [0.15, 0.2) is 5.16 Å². The average Bonchev–Trinajstić information content (AvgIpc) is 2.81. The van der Waals surface area contributed by atoms with Gasteiger partial charge in [0, 0.05) is 11.8 Å². The van der Waals surface area contributed by atoms with Crippen LogP contribution in [0.25, 0.3) is 0 Å². The van der Waals surface area contributed by atoms with Crippen LogP contribution in [0.2, 0.25) is 0 Å². The molecule has 0 unspecified atom stereocenters. The zero-order valence-electron chi connectivity index (χ0n) is 11.1. The van der Waals surface area contributed by atoms with E-state index in [9.17, 15) is 4.79 Å². The highest BCUT2D eigenvalue weighted by molar-refractivity contribution is 7.99. The van der Waals surface area contributed by atoms with Crippen molar-refractivity contribution < 1.29 is 4.42 Å². The van der Waals surface area contributed by atoms with Crippen LogP contribution in [0.15, 0.2) is 25.7 Å². The third-order valence-electron chi connectivity index (χ3n) is 2.06. The van der Waals surface area contributed by atoms with Gasteiger partial charge in [-0.25, -0.2) is 4.98 Å². The molecule has 0 amide bonds. The number of nitrogens with one attached hydrogen (secondary N) is 1. The topological polar surface area (TPSA) is 111 Å². The number of H-pyrrole nitrogens is 1. The lowest BCUT2D eigenvalue weighted by molar-refractivity contribution is 0.426. The Hall–Kier alpha value is -1.48. The van der Waals surface area contributed by atoms with Crippen LogP contribution in [0.4, 0.5) is 5.82 Å². The largest absolute Gasteiger partial charge is 0.415 e. The number of aromatic amines is 1. The van der Waals surface area contributed by atoms with E-state index in [1.807, 2.05) is 0 Å². The first-order chi connectivity index (χ1) is 9.52. The van der Waals surface area contributed by atoms with E-state index in [0.717, 1.165) is 5.75 Å². The van der Waals surface area contributed by atoms with Crippen LogP contribution < -0.4 is 11.3 Å². The Labute approximate surface area is 124 Å². The van der Waals surface area contributed by atoms with Crippen LogP contribution in [-0.2, 0) is 5.75 Å². The predicted octanol–water partition coefficient (Wildman–Crippen LogP) is 1.78. The Morgan fingerprint density at radius 1 is 1.40 bits per heavy atom. The molecule has 2 heterocycles. The SMILES string of the molecule is CC(C)CSc1nnc(CSc2nc(N)cc(=O)[nH]2)o1. The van der Waals surface area contributed by atoms with E-state index in [2.05, 4.69) is 34.0 Å². The van der Waals surface area contributed by atoms with Crippen molar-refractivity contribution >= 4 is 29.3 Å². The Kier molecular flexibility index (Phi) is 5.07. The van der Waals surface area contributed by atoms with Crippen LogP contribution in [0.1, 0.15) is 19.7 Å². The van der Waals surface area contributed by atoms with Gasteiger partial charge >= 0.3 is 0 Å². The second-order valence-corrected chi connectivity index (χ2v) is 6.37. The van der Waals surface area contributed by atoms with Gasteiger partial charge in [-0.1, -0.05) is 37.4 Å². The van der Waals surface area contributed by atoms with Crippen LogP contribution in [0.3, 0.4) is 0 Å². The maximum absolute atomic E-state index is 11.2. The normalized spacial score (nSPS) is 11.2. The van der Waals surface area contributed by atoms with Gasteiger partial charge in [0.05, 0.1) is 5.75 Å². The van der Waals surface area contributed by atoms with Gasteiger partial charge in [-0.3, -0.25) is 4.79 Å². The van der Waals surface area contributed by atoms with Crippen molar-refractivity contribution in [2.75, 3.05) is 11.5 Å². The lowest BCUT2D eigenvalue weighted by atomic mass is 10.3. The smallest absolute Gasteiger partial charge is 0.276 e. The van der Waals surface area contributed by atoms with Gasteiger partial charge in [-0.05, 0) is 5.92 Å². The highest BCUT2D eigenvalue weighted by Crippen LogP contribution is 2.22. The number of rotatable bonds is 6. The maximum Gasteiger partial charge on any atom is 0.276 e. The minimum absolute atomic E-state index is 0.190. The first kappa shape index (κ1) is 14.9. The van der Waals surface area contributed by atoms with Crippen molar-refractivity contribution in [3.8, 4) is 0 Å². The molecule has 0 atom stereocenters. The number of nitrogens with two attached hydrogens (primary N) is 1. The molecule has 0 saturated heterocycles. The molecule has 0 radical (unpaired) electrons. The molecule has 0 spiro atoms. The monoisotopic (exact) mass is 313 g/mol. The van der Waals surface area contributed by atoms with E-state index in [1.54, 1.807) is 0 Å². The van der Waals surface area contributed by atoms with Crippen molar-refractivity contribution in [1.29, 1.82) is 0 Å². The average molecular weight is 313 g/mol. The number of thioether (sulfide) groups is 2. The third-order valence-corrected chi connectivity index (χ3v) is 4.16. The molecule has 2 aromatic heterocycles. The summed E-state index contributed by atoms with van der Waals surface area (Å²) in [5, 5.41) is 8.89. The fourth-order valence-electron chi connectivity index (χ4n) is 1.24. The molecule has 0 aliphatic carbocycles. The Morgan fingerprint density at radius 3 is 2.90 bits per heavy atom. The first-order valence-corrected chi connectivity index (χ1v) is 7.95. The minimum atomic E-state index is -0.279. The molecule has 7 nitrogen and oxygen atoms in total. The van der Waals surface area contributed by atoms with E-state index in [4.69, 9.17) is 10.2 Å². The van der Waals surface area contributed by atoms with Crippen molar-refractivity contribution in [2.45, 2.75) is 30.0 Å². The van der Waals surface area contributed by atoms with Crippen molar-refractivity contribution in [1.82, 2.24) is 20.2 Å². The number of anilines is 1. The second-order valence-electron chi connectivity index (χ2n) is 4.43. The molecular formula is C11H15N5O2S2. The summed E-state index contributed by atoms with van der Waals surface area (Å²) in [4.78, 5) is 17.8. The number of aromatic nitrogens is 4. The number of nitrogens with zero attached hydrogens (tertiary/aromatic N) is 3. The number of hydrogen-bond acceptors (Lipinski definition) is 8. The Bertz CT molecular complexity index is 625. The standard InChI is InChI=1S/C11H15N5O2S2/c1-6(2)4-20-11-16-15-9(18-11)5-19-10-13-7(12)3-8(17)14-10/h3,6H,4-5H2,1-2H3,(H3,12,13,14,17). The predicted molar refractivity (Wildman–Crippen MR) is 78.7 cm³/mol. The van der Waals surface area contributed by atoms with Crippen molar-refractivity contribution in [3.05, 3.63) is 22.3 Å². The Balaban J connectivity index is 1.92. The Morgan fingerprint density at radius 2 is 2.20 bits per heavy atom. The van der Waals surface area contributed by atoms with E-state index >= 15 is 0 Å². The van der Waals surface area contributed by atoms with Crippen LogP contribution in [0, 0.1) is 5.92 Å². The molecule has 3 N–H and O–H groups in total. The van der Waals surface area contributed by atoms with E-state index in [-0.39, 0.29) is 11.4 Å². The summed E-state index contributed by atoms with van der Waals surface area (Å²) in [6, 6.07) is 1.23. The van der Waals surface area contributed by atoms with Crippen LogP contribution in [0.5, 0.6) is 0 Å². The first-order valence-electron chi connectivity index (χ1n) is 5.97. The van der Waals surface area contributed by atoms with E-state index in [1.165, 1.54) is 29.6 Å². The summed E-state index contributed by atoms with van der Waals surface area (Å²) < 4.78 is 5.49. The lowest BCUT2D eigenvalue weighted by Gasteiger charge is -1.99. The number of hydrogen-bond donors (Lipinski definition) is 2. The highest BCUT2D eigenvalue weighted by atomic mass is 32.2. The zero-order valence-corrected chi connectivity index (χ0v) is 12.8. The molecule has 9 heteroatoms. The van der Waals surface area contributed by atoms with Crippen molar-refractivity contribution in [2.24, 2.45) is 5.92 Å². The van der Waals surface area contributed by atoms with Crippen LogP contribution >= 0.6 is 23.5 Å². The zero-order chi connectivity index (χ0) is 14.5. The van der Waals surface area contributed by atoms with Gasteiger partial charge < -0.3 is 15.1 Å². The molecule has 2 aromatic rings. The molecule has 0 aliphatic rings. The quantitative estimate of drug-likeness (QED) is 0.613. The molecule has 0 bridgehead atoms. The summed E-state index contributed by atoms with van der Waals surface area (Å²) in [6.45, 7) is 4.25. The molecular weight excluding hydrogens is 298 g/mol. The highest BCUT2D eigenvalue weighted by Gasteiger charge is 2.09. The molecule has 20 heavy (non-hydrogen) atoms. The second kappa shape index (κ2) is 6.80.